The molecule has 0 aliphatic rings. The first-order valence-electron chi connectivity index (χ1n) is 15.7. The number of rotatable bonds is 12. The zero-order valence-corrected chi connectivity index (χ0v) is 29.0. The van der Waals surface area contributed by atoms with E-state index in [2.05, 4.69) is 10.6 Å². The van der Waals surface area contributed by atoms with Crippen LogP contribution in [0, 0.1) is 25.7 Å². The van der Waals surface area contributed by atoms with Gasteiger partial charge in [0.25, 0.3) is 0 Å². The second-order valence-corrected chi connectivity index (χ2v) is 13.8. The Kier molecular flexibility index (Phi) is 13.3. The normalized spacial score (nSPS) is 11.7. The van der Waals surface area contributed by atoms with Crippen LogP contribution < -0.4 is 15.4 Å². The molecule has 2 amide bonds. The molecule has 9 nitrogen and oxygen atoms in total. The summed E-state index contributed by atoms with van der Waals surface area (Å²) in [4.78, 5) is 35.0. The SMILES string of the molecule is Cc1cc(OCCSC(C)C(=O)O)c2c(NC(=O)CC(C)C)cccc2c1O.Cc1ccc2c(NC(=O)CC(C)C)cccc2c1O. The van der Waals surface area contributed by atoms with Crippen LogP contribution in [0.3, 0.4) is 0 Å². The van der Waals surface area contributed by atoms with Crippen LogP contribution in [-0.4, -0.2) is 50.7 Å². The summed E-state index contributed by atoms with van der Waals surface area (Å²) in [6.07, 6.45) is 0.891. The van der Waals surface area contributed by atoms with Crippen molar-refractivity contribution in [2.75, 3.05) is 23.0 Å². The average molecular weight is 663 g/mol. The van der Waals surface area contributed by atoms with Crippen LogP contribution >= 0.6 is 11.8 Å². The van der Waals surface area contributed by atoms with Gasteiger partial charge in [-0.15, -0.1) is 11.8 Å². The van der Waals surface area contributed by atoms with Crippen molar-refractivity contribution < 1.29 is 34.4 Å². The van der Waals surface area contributed by atoms with Crippen LogP contribution in [0.5, 0.6) is 17.2 Å². The van der Waals surface area contributed by atoms with Gasteiger partial charge in [0.1, 0.15) is 17.2 Å². The zero-order valence-electron chi connectivity index (χ0n) is 28.1. The lowest BCUT2D eigenvalue weighted by molar-refractivity contribution is -0.136. The third kappa shape index (κ3) is 10.3. The molecule has 1 unspecified atom stereocenters. The van der Waals surface area contributed by atoms with Gasteiger partial charge in [-0.2, -0.15) is 0 Å². The van der Waals surface area contributed by atoms with Gasteiger partial charge in [0.05, 0.1) is 22.9 Å². The molecule has 0 spiro atoms. The van der Waals surface area contributed by atoms with E-state index >= 15 is 0 Å². The van der Waals surface area contributed by atoms with E-state index < -0.39 is 11.2 Å². The van der Waals surface area contributed by atoms with Crippen molar-refractivity contribution in [3.05, 3.63) is 65.7 Å². The number of carbonyl (C=O) groups is 3. The number of carboxylic acids is 1. The minimum absolute atomic E-state index is 0.00237. The smallest absolute Gasteiger partial charge is 0.316 e. The van der Waals surface area contributed by atoms with Crippen molar-refractivity contribution in [2.45, 2.75) is 66.6 Å². The maximum Gasteiger partial charge on any atom is 0.316 e. The Balaban J connectivity index is 0.000000274. The molecule has 252 valence electrons. The van der Waals surface area contributed by atoms with Gasteiger partial charge < -0.3 is 30.7 Å². The molecule has 0 saturated carbocycles. The number of thioether (sulfide) groups is 1. The van der Waals surface area contributed by atoms with Crippen molar-refractivity contribution in [2.24, 2.45) is 11.8 Å². The summed E-state index contributed by atoms with van der Waals surface area (Å²) < 4.78 is 5.91. The number of amides is 2. The fraction of sp³-hybridized carbons (Fsp3) is 0.378. The van der Waals surface area contributed by atoms with Crippen LogP contribution in [0.4, 0.5) is 11.4 Å². The molecule has 10 heteroatoms. The number of phenolic OH excluding ortho intramolecular Hbond substituents is 2. The second-order valence-electron chi connectivity index (χ2n) is 12.4. The molecule has 0 aliphatic carbocycles. The van der Waals surface area contributed by atoms with Crippen molar-refractivity contribution in [3.8, 4) is 17.2 Å². The fourth-order valence-electron chi connectivity index (χ4n) is 4.93. The number of carbonyl (C=O) groups excluding carboxylic acids is 2. The molecule has 0 aromatic heterocycles. The average Bonchev–Trinajstić information content (AvgIpc) is 2.99. The largest absolute Gasteiger partial charge is 0.507 e. The molecule has 0 saturated heterocycles. The molecule has 47 heavy (non-hydrogen) atoms. The Morgan fingerprint density at radius 2 is 1.30 bits per heavy atom. The Bertz CT molecular complexity index is 1740. The number of aliphatic carboxylic acids is 1. The number of nitrogens with one attached hydrogen (secondary N) is 2. The number of benzene rings is 4. The van der Waals surface area contributed by atoms with Gasteiger partial charge in [-0.25, -0.2) is 0 Å². The molecule has 0 aliphatic heterocycles. The Morgan fingerprint density at radius 3 is 1.89 bits per heavy atom. The number of aromatic hydroxyl groups is 2. The lowest BCUT2D eigenvalue weighted by Gasteiger charge is -2.17. The first-order valence-corrected chi connectivity index (χ1v) is 16.8. The van der Waals surface area contributed by atoms with Crippen molar-refractivity contribution in [1.29, 1.82) is 0 Å². The number of ether oxygens (including phenoxy) is 1. The first-order chi connectivity index (χ1) is 22.2. The Hall–Kier alpha value is -4.44. The summed E-state index contributed by atoms with van der Waals surface area (Å²) in [6.45, 7) is 13.6. The summed E-state index contributed by atoms with van der Waals surface area (Å²) in [7, 11) is 0. The van der Waals surface area contributed by atoms with E-state index in [-0.39, 0.29) is 29.2 Å². The molecule has 0 radical (unpaired) electrons. The Morgan fingerprint density at radius 1 is 0.745 bits per heavy atom. The second kappa shape index (κ2) is 16.9. The number of fused-ring (bicyclic) bond motifs is 2. The zero-order chi connectivity index (χ0) is 34.8. The number of anilines is 2. The quantitative estimate of drug-likeness (QED) is 0.0954. The lowest BCUT2D eigenvalue weighted by Crippen LogP contribution is -2.15. The minimum atomic E-state index is -0.855. The number of aryl methyl sites for hydroxylation is 2. The summed E-state index contributed by atoms with van der Waals surface area (Å²) in [5, 5.41) is 37.7. The highest BCUT2D eigenvalue weighted by atomic mass is 32.2. The molecule has 4 rings (SSSR count). The van der Waals surface area contributed by atoms with Crippen molar-refractivity contribution in [3.63, 3.8) is 0 Å². The minimum Gasteiger partial charge on any atom is -0.507 e. The number of hydrogen-bond donors (Lipinski definition) is 5. The molecule has 1 atom stereocenters. The van der Waals surface area contributed by atoms with Gasteiger partial charge in [0.2, 0.25) is 11.8 Å². The third-order valence-electron chi connectivity index (χ3n) is 7.31. The van der Waals surface area contributed by atoms with E-state index in [1.165, 1.54) is 11.8 Å². The summed E-state index contributed by atoms with van der Waals surface area (Å²) in [6, 6.07) is 16.4. The van der Waals surface area contributed by atoms with Gasteiger partial charge >= 0.3 is 5.97 Å². The monoisotopic (exact) mass is 662 g/mol. The molecule has 4 aromatic carbocycles. The van der Waals surface area contributed by atoms with E-state index in [0.717, 1.165) is 22.0 Å². The highest BCUT2D eigenvalue weighted by molar-refractivity contribution is 8.00. The fourth-order valence-corrected chi connectivity index (χ4v) is 5.61. The molecular weight excluding hydrogens is 616 g/mol. The van der Waals surface area contributed by atoms with Crippen LogP contribution in [0.2, 0.25) is 0 Å². The third-order valence-corrected chi connectivity index (χ3v) is 8.42. The predicted octanol–water partition coefficient (Wildman–Crippen LogP) is 8.26. The number of hydrogen-bond acceptors (Lipinski definition) is 7. The lowest BCUT2D eigenvalue weighted by atomic mass is 10.0. The molecule has 0 heterocycles. The van der Waals surface area contributed by atoms with Gasteiger partial charge in [-0.1, -0.05) is 64.1 Å². The van der Waals surface area contributed by atoms with E-state index in [4.69, 9.17) is 9.84 Å². The number of carboxylic acid groups (broad SMARTS) is 1. The van der Waals surface area contributed by atoms with Crippen LogP contribution in [0.1, 0.15) is 58.6 Å². The maximum absolute atomic E-state index is 12.3. The summed E-state index contributed by atoms with van der Waals surface area (Å²) >= 11 is 1.29. The van der Waals surface area contributed by atoms with E-state index in [0.29, 0.717) is 58.9 Å². The Labute approximate surface area is 280 Å². The van der Waals surface area contributed by atoms with Crippen LogP contribution in [0.15, 0.2) is 54.6 Å². The molecule has 5 N–H and O–H groups in total. The molecule has 4 aromatic rings. The summed E-state index contributed by atoms with van der Waals surface area (Å²) in [5.74, 6) is 1.09. The molecule has 0 fully saturated rings. The highest BCUT2D eigenvalue weighted by Crippen LogP contribution is 2.40. The van der Waals surface area contributed by atoms with Crippen molar-refractivity contribution >= 4 is 62.5 Å². The van der Waals surface area contributed by atoms with Crippen LogP contribution in [-0.2, 0) is 14.4 Å². The topological polar surface area (TPSA) is 145 Å². The predicted molar refractivity (Wildman–Crippen MR) is 192 cm³/mol. The van der Waals surface area contributed by atoms with Crippen LogP contribution in [0.25, 0.3) is 21.5 Å². The van der Waals surface area contributed by atoms with Crippen molar-refractivity contribution in [1.82, 2.24) is 0 Å². The van der Waals surface area contributed by atoms with E-state index in [9.17, 15) is 24.6 Å². The standard InChI is InChI=1S/C21H27NO5S.C16H19NO2/c1-12(2)10-18(23)22-16-7-5-6-15-19(16)17(11-13(3)20(15)24)27-8-9-28-14(4)21(25)26;1-10(2)9-15(18)17-14-6-4-5-13-12(14)8-7-11(3)16(13)19/h5-7,11-12,14,24H,8-10H2,1-4H3,(H,22,23)(H,25,26);4-8,10,19H,9H2,1-3H3,(H,17,18). The number of phenols is 2. The van der Waals surface area contributed by atoms with E-state index in [1.54, 1.807) is 38.1 Å². The highest BCUT2D eigenvalue weighted by Gasteiger charge is 2.17. The summed E-state index contributed by atoms with van der Waals surface area (Å²) in [5.41, 5.74) is 2.83. The van der Waals surface area contributed by atoms with Gasteiger partial charge in [0.15, 0.2) is 0 Å². The van der Waals surface area contributed by atoms with E-state index in [1.807, 2.05) is 65.0 Å². The molecule has 0 bridgehead atoms. The molecular formula is C37H46N2O7S. The van der Waals surface area contributed by atoms with Gasteiger partial charge in [-0.3, -0.25) is 14.4 Å². The van der Waals surface area contributed by atoms with Gasteiger partial charge in [0, 0.05) is 40.4 Å². The first kappa shape index (κ1) is 37.0. The van der Waals surface area contributed by atoms with Gasteiger partial charge in [-0.05, 0) is 61.9 Å². The maximum atomic E-state index is 12.3.